The number of hydrogen-bond acceptors (Lipinski definition) is 4. The summed E-state index contributed by atoms with van der Waals surface area (Å²) >= 11 is 0. The van der Waals surface area contributed by atoms with Gasteiger partial charge in [0.05, 0.1) is 6.61 Å². The van der Waals surface area contributed by atoms with E-state index in [1.54, 1.807) is 6.08 Å². The molecule has 1 saturated heterocycles. The van der Waals surface area contributed by atoms with Crippen LogP contribution >= 0.6 is 0 Å². The average Bonchev–Trinajstić information content (AvgIpc) is 3.14. The van der Waals surface area contributed by atoms with E-state index >= 15 is 0 Å². The molecule has 1 aliphatic heterocycles. The summed E-state index contributed by atoms with van der Waals surface area (Å²) in [7, 11) is 0. The Morgan fingerprint density at radius 3 is 2.39 bits per heavy atom. The molecule has 1 aliphatic carbocycles. The van der Waals surface area contributed by atoms with Gasteiger partial charge in [-0.05, 0) is 83.6 Å². The van der Waals surface area contributed by atoms with Crippen molar-refractivity contribution >= 4 is 11.8 Å². The minimum Gasteiger partial charge on any atom is -0.475 e. The molecule has 0 bridgehead atoms. The Hall–Kier alpha value is -1.62. The molecule has 0 radical (unpaired) electrons. The molecule has 188 valence electrons. The summed E-state index contributed by atoms with van der Waals surface area (Å²) in [5, 5.41) is 9.39. The Labute approximate surface area is 201 Å². The topological polar surface area (TPSA) is 72.8 Å². The van der Waals surface area contributed by atoms with Gasteiger partial charge in [-0.15, -0.1) is 0 Å². The number of carboxylic acids is 1. The van der Waals surface area contributed by atoms with Crippen molar-refractivity contribution in [2.45, 2.75) is 123 Å². The maximum atomic E-state index is 12.4. The molecule has 1 unspecified atom stereocenters. The van der Waals surface area contributed by atoms with Gasteiger partial charge in [0.1, 0.15) is 5.78 Å². The predicted octanol–water partition coefficient (Wildman–Crippen LogP) is 7.35. The van der Waals surface area contributed by atoms with Gasteiger partial charge >= 0.3 is 5.97 Å². The summed E-state index contributed by atoms with van der Waals surface area (Å²) in [6.07, 6.45) is 20.3. The molecule has 0 aromatic rings. The van der Waals surface area contributed by atoms with E-state index in [-0.39, 0.29) is 11.7 Å². The Morgan fingerprint density at radius 2 is 1.67 bits per heavy atom. The van der Waals surface area contributed by atoms with E-state index in [9.17, 15) is 14.7 Å². The number of allylic oxidation sites excluding steroid dienone is 3. The lowest BCUT2D eigenvalue weighted by Crippen LogP contribution is -2.24. The highest BCUT2D eigenvalue weighted by atomic mass is 16.7. The van der Waals surface area contributed by atoms with Crippen molar-refractivity contribution in [3.8, 4) is 0 Å². The Morgan fingerprint density at radius 1 is 0.970 bits per heavy atom. The number of ether oxygens (including phenoxy) is 2. The van der Waals surface area contributed by atoms with Gasteiger partial charge in [0.2, 0.25) is 5.76 Å². The third-order valence-corrected chi connectivity index (χ3v) is 6.98. The maximum Gasteiger partial charge on any atom is 0.370 e. The molecule has 2 rings (SSSR count). The van der Waals surface area contributed by atoms with Gasteiger partial charge in [0.25, 0.3) is 0 Å². The standard InChI is InChI=1S/C28H46O5/c1-22(2)14-8-5-3-4-6-9-15-23-19-20-25(29)24(23)16-10-7-11-17-26(28(30)31)33-27-18-12-13-21-32-27/h14,17,23-24,27H,3-13,15-16,18-21H2,1-2H3,(H,30,31)/t23-,24+,27?/m0/s1. The van der Waals surface area contributed by atoms with E-state index in [1.165, 1.54) is 50.5 Å². The van der Waals surface area contributed by atoms with Gasteiger partial charge in [0.15, 0.2) is 6.29 Å². The van der Waals surface area contributed by atoms with Gasteiger partial charge in [-0.2, -0.15) is 0 Å². The van der Waals surface area contributed by atoms with Crippen LogP contribution in [-0.4, -0.2) is 29.8 Å². The molecule has 0 spiro atoms. The van der Waals surface area contributed by atoms with Crippen molar-refractivity contribution in [3.63, 3.8) is 0 Å². The molecule has 3 atom stereocenters. The van der Waals surface area contributed by atoms with Gasteiger partial charge in [-0.1, -0.05) is 43.8 Å². The zero-order chi connectivity index (χ0) is 23.9. The average molecular weight is 463 g/mol. The van der Waals surface area contributed by atoms with Gasteiger partial charge in [-0.25, -0.2) is 4.79 Å². The highest BCUT2D eigenvalue weighted by molar-refractivity contribution is 5.84. The first-order valence-electron chi connectivity index (χ1n) is 13.3. The summed E-state index contributed by atoms with van der Waals surface area (Å²) in [5.41, 5.74) is 1.41. The van der Waals surface area contributed by atoms with Crippen LogP contribution in [0, 0.1) is 11.8 Å². The second-order valence-electron chi connectivity index (χ2n) is 10.1. The van der Waals surface area contributed by atoms with E-state index < -0.39 is 12.3 Å². The summed E-state index contributed by atoms with van der Waals surface area (Å²) < 4.78 is 11.0. The van der Waals surface area contributed by atoms with Gasteiger partial charge in [-0.3, -0.25) is 4.79 Å². The van der Waals surface area contributed by atoms with Crippen LogP contribution in [0.5, 0.6) is 0 Å². The van der Waals surface area contributed by atoms with Crippen LogP contribution in [0.25, 0.3) is 0 Å². The molecule has 1 heterocycles. The van der Waals surface area contributed by atoms with Crippen LogP contribution < -0.4 is 0 Å². The van der Waals surface area contributed by atoms with E-state index in [1.807, 2.05) is 0 Å². The van der Waals surface area contributed by atoms with Crippen LogP contribution in [0.15, 0.2) is 23.5 Å². The highest BCUT2D eigenvalue weighted by Gasteiger charge is 2.33. The lowest BCUT2D eigenvalue weighted by Gasteiger charge is -2.23. The fraction of sp³-hybridized carbons (Fsp3) is 0.786. The van der Waals surface area contributed by atoms with Crippen molar-refractivity contribution in [2.24, 2.45) is 11.8 Å². The van der Waals surface area contributed by atoms with Crippen LogP contribution in [-0.2, 0) is 19.1 Å². The molecular formula is C28H46O5. The van der Waals surface area contributed by atoms with E-state index in [4.69, 9.17) is 9.47 Å². The number of unbranched alkanes of at least 4 members (excludes halogenated alkanes) is 7. The Balaban J connectivity index is 1.61. The number of rotatable bonds is 16. The van der Waals surface area contributed by atoms with Crippen molar-refractivity contribution < 1.29 is 24.2 Å². The van der Waals surface area contributed by atoms with Crippen LogP contribution in [0.3, 0.4) is 0 Å². The van der Waals surface area contributed by atoms with Crippen LogP contribution in [0.1, 0.15) is 117 Å². The van der Waals surface area contributed by atoms with Crippen molar-refractivity contribution in [2.75, 3.05) is 6.61 Å². The largest absolute Gasteiger partial charge is 0.475 e. The fourth-order valence-corrected chi connectivity index (χ4v) is 5.06. The molecule has 2 aliphatic rings. The maximum absolute atomic E-state index is 12.4. The quantitative estimate of drug-likeness (QED) is 0.112. The predicted molar refractivity (Wildman–Crippen MR) is 132 cm³/mol. The number of carbonyl (C=O) groups excluding carboxylic acids is 1. The Bertz CT molecular complexity index is 641. The van der Waals surface area contributed by atoms with Crippen LogP contribution in [0.4, 0.5) is 0 Å². The smallest absolute Gasteiger partial charge is 0.370 e. The third-order valence-electron chi connectivity index (χ3n) is 6.98. The first-order chi connectivity index (χ1) is 16.0. The number of carboxylic acid groups (broad SMARTS) is 1. The zero-order valence-electron chi connectivity index (χ0n) is 21.0. The molecule has 33 heavy (non-hydrogen) atoms. The van der Waals surface area contributed by atoms with Gasteiger partial charge < -0.3 is 14.6 Å². The van der Waals surface area contributed by atoms with Crippen molar-refractivity contribution in [3.05, 3.63) is 23.5 Å². The van der Waals surface area contributed by atoms with E-state index in [0.717, 1.165) is 51.4 Å². The molecule has 2 fully saturated rings. The molecule has 5 nitrogen and oxygen atoms in total. The molecule has 0 amide bonds. The summed E-state index contributed by atoms with van der Waals surface area (Å²) in [4.78, 5) is 23.9. The van der Waals surface area contributed by atoms with E-state index in [2.05, 4.69) is 19.9 Å². The third kappa shape index (κ3) is 11.4. The zero-order valence-corrected chi connectivity index (χ0v) is 21.0. The van der Waals surface area contributed by atoms with Crippen molar-refractivity contribution in [1.82, 2.24) is 0 Å². The monoisotopic (exact) mass is 462 g/mol. The summed E-state index contributed by atoms with van der Waals surface area (Å²) in [6, 6.07) is 0. The second kappa shape index (κ2) is 16.1. The number of Topliss-reactive ketones (excluding diaryl/α,β-unsaturated/α-hetero) is 1. The lowest BCUT2D eigenvalue weighted by atomic mass is 9.86. The van der Waals surface area contributed by atoms with Crippen LogP contribution in [0.2, 0.25) is 0 Å². The van der Waals surface area contributed by atoms with Crippen molar-refractivity contribution in [1.29, 1.82) is 0 Å². The first-order valence-corrected chi connectivity index (χ1v) is 13.3. The summed E-state index contributed by atoms with van der Waals surface area (Å²) in [5.74, 6) is 0.184. The minimum absolute atomic E-state index is 0.00225. The first kappa shape index (κ1) is 27.6. The lowest BCUT2D eigenvalue weighted by molar-refractivity contribution is -0.159. The number of hydrogen-bond donors (Lipinski definition) is 1. The second-order valence-corrected chi connectivity index (χ2v) is 10.1. The molecular weight excluding hydrogens is 416 g/mol. The molecule has 1 saturated carbocycles. The van der Waals surface area contributed by atoms with Gasteiger partial charge in [0, 0.05) is 18.8 Å². The number of carbonyl (C=O) groups is 2. The fourth-order valence-electron chi connectivity index (χ4n) is 5.06. The van der Waals surface area contributed by atoms with E-state index in [0.29, 0.717) is 24.7 Å². The highest BCUT2D eigenvalue weighted by Crippen LogP contribution is 2.36. The molecule has 0 aromatic carbocycles. The molecule has 0 aromatic heterocycles. The SMILES string of the molecule is CC(C)=CCCCCCCC[C@H]1CCC(=O)[C@@H]1CCCCC=C(OC1CCCCO1)C(=O)O. The molecule has 5 heteroatoms. The number of aliphatic carboxylic acids is 1. The molecule has 1 N–H and O–H groups in total. The minimum atomic E-state index is -1.04. The Kier molecular flexibility index (Phi) is 13.5. The summed E-state index contributed by atoms with van der Waals surface area (Å²) in [6.45, 7) is 4.95. The normalized spacial score (nSPS) is 23.5. The number of ketones is 1.